The van der Waals surface area contributed by atoms with E-state index in [0.29, 0.717) is 5.88 Å². The Morgan fingerprint density at radius 1 is 1.29 bits per heavy atom. The van der Waals surface area contributed by atoms with Gasteiger partial charge in [0.25, 0.3) is 0 Å². The molecule has 3 nitrogen and oxygen atoms in total. The average molecular weight is 250 g/mol. The number of aromatic nitrogens is 1. The molecule has 0 aliphatic heterocycles. The van der Waals surface area contributed by atoms with Crippen LogP contribution >= 0.6 is 11.6 Å². The van der Waals surface area contributed by atoms with E-state index in [4.69, 9.17) is 17.4 Å². The van der Waals surface area contributed by atoms with E-state index in [0.717, 1.165) is 23.7 Å². The molecular weight excluding hydrogens is 234 g/mol. The first kappa shape index (κ1) is 12.3. The SMILES string of the molecule is NNC(CCCCl)c1cccc2ncccc12. The van der Waals surface area contributed by atoms with Crippen molar-refractivity contribution in [3.8, 4) is 0 Å². The molecule has 1 atom stereocenters. The Morgan fingerprint density at radius 2 is 2.18 bits per heavy atom. The Kier molecular flexibility index (Phi) is 4.31. The Labute approximate surface area is 106 Å². The number of hydrazine groups is 1. The van der Waals surface area contributed by atoms with E-state index >= 15 is 0 Å². The smallest absolute Gasteiger partial charge is 0.0705 e. The molecule has 1 aromatic carbocycles. The highest BCUT2D eigenvalue weighted by atomic mass is 35.5. The van der Waals surface area contributed by atoms with Crippen LogP contribution in [-0.4, -0.2) is 10.9 Å². The molecule has 2 aromatic rings. The number of nitrogens with zero attached hydrogens (tertiary/aromatic N) is 1. The van der Waals surface area contributed by atoms with Crippen molar-refractivity contribution in [2.24, 2.45) is 5.84 Å². The minimum atomic E-state index is 0.127. The summed E-state index contributed by atoms with van der Waals surface area (Å²) in [4.78, 5) is 4.34. The van der Waals surface area contributed by atoms with Gasteiger partial charge in [-0.1, -0.05) is 18.2 Å². The molecule has 0 fully saturated rings. The lowest BCUT2D eigenvalue weighted by atomic mass is 9.98. The predicted octanol–water partition coefficient (Wildman–Crippen LogP) is 2.76. The van der Waals surface area contributed by atoms with Crippen LogP contribution in [0.4, 0.5) is 0 Å². The molecule has 1 unspecified atom stereocenters. The molecule has 0 bridgehead atoms. The molecule has 0 saturated heterocycles. The normalized spacial score (nSPS) is 12.8. The van der Waals surface area contributed by atoms with Crippen molar-refractivity contribution in [3.63, 3.8) is 0 Å². The third kappa shape index (κ3) is 2.75. The number of pyridine rings is 1. The fourth-order valence-electron chi connectivity index (χ4n) is 2.04. The summed E-state index contributed by atoms with van der Waals surface area (Å²) < 4.78 is 0. The van der Waals surface area contributed by atoms with Gasteiger partial charge in [0.2, 0.25) is 0 Å². The lowest BCUT2D eigenvalue weighted by Gasteiger charge is -2.17. The number of hydrogen-bond donors (Lipinski definition) is 2. The van der Waals surface area contributed by atoms with E-state index in [1.165, 1.54) is 5.56 Å². The summed E-state index contributed by atoms with van der Waals surface area (Å²) in [6.45, 7) is 0. The predicted molar refractivity (Wildman–Crippen MR) is 71.8 cm³/mol. The van der Waals surface area contributed by atoms with E-state index in [9.17, 15) is 0 Å². The van der Waals surface area contributed by atoms with Gasteiger partial charge in [-0.15, -0.1) is 11.6 Å². The first-order valence-electron chi connectivity index (χ1n) is 5.72. The number of hydrogen-bond acceptors (Lipinski definition) is 3. The maximum Gasteiger partial charge on any atom is 0.0705 e. The van der Waals surface area contributed by atoms with E-state index in [-0.39, 0.29) is 6.04 Å². The lowest BCUT2D eigenvalue weighted by molar-refractivity contribution is 0.514. The van der Waals surface area contributed by atoms with Gasteiger partial charge in [-0.3, -0.25) is 16.3 Å². The second-order valence-corrected chi connectivity index (χ2v) is 4.35. The van der Waals surface area contributed by atoms with E-state index in [1.807, 2.05) is 18.2 Å². The molecule has 3 N–H and O–H groups in total. The summed E-state index contributed by atoms with van der Waals surface area (Å²) >= 11 is 5.73. The van der Waals surface area contributed by atoms with Crippen molar-refractivity contribution in [2.75, 3.05) is 5.88 Å². The van der Waals surface area contributed by atoms with Gasteiger partial charge in [-0.2, -0.15) is 0 Å². The molecule has 90 valence electrons. The van der Waals surface area contributed by atoms with Gasteiger partial charge in [0.05, 0.1) is 5.52 Å². The molecule has 1 aromatic heterocycles. The number of benzene rings is 1. The highest BCUT2D eigenvalue weighted by Gasteiger charge is 2.12. The van der Waals surface area contributed by atoms with Crippen molar-refractivity contribution >= 4 is 22.5 Å². The molecule has 17 heavy (non-hydrogen) atoms. The number of nitrogens with two attached hydrogens (primary N) is 1. The Balaban J connectivity index is 2.38. The molecule has 4 heteroatoms. The highest BCUT2D eigenvalue weighted by molar-refractivity contribution is 6.17. The van der Waals surface area contributed by atoms with Gasteiger partial charge in [-0.05, 0) is 30.5 Å². The highest BCUT2D eigenvalue weighted by Crippen LogP contribution is 2.25. The molecule has 0 aliphatic carbocycles. The van der Waals surface area contributed by atoms with Crippen LogP contribution in [0.15, 0.2) is 36.5 Å². The average Bonchev–Trinajstić information content (AvgIpc) is 2.40. The second-order valence-electron chi connectivity index (χ2n) is 3.97. The van der Waals surface area contributed by atoms with Gasteiger partial charge < -0.3 is 0 Å². The molecule has 0 saturated carbocycles. The largest absolute Gasteiger partial charge is 0.271 e. The molecule has 0 radical (unpaired) electrons. The third-order valence-corrected chi connectivity index (χ3v) is 3.15. The molecule has 0 amide bonds. The zero-order valence-corrected chi connectivity index (χ0v) is 10.3. The molecule has 0 spiro atoms. The minimum Gasteiger partial charge on any atom is -0.271 e. The van der Waals surface area contributed by atoms with Crippen LogP contribution in [-0.2, 0) is 0 Å². The van der Waals surface area contributed by atoms with Crippen molar-refractivity contribution < 1.29 is 0 Å². The fraction of sp³-hybridized carbons (Fsp3) is 0.308. The lowest BCUT2D eigenvalue weighted by Crippen LogP contribution is -2.28. The number of alkyl halides is 1. The summed E-state index contributed by atoms with van der Waals surface area (Å²) in [5, 5.41) is 1.15. The van der Waals surface area contributed by atoms with Gasteiger partial charge in [0.1, 0.15) is 0 Å². The topological polar surface area (TPSA) is 50.9 Å². The summed E-state index contributed by atoms with van der Waals surface area (Å²) in [6, 6.07) is 10.2. The summed E-state index contributed by atoms with van der Waals surface area (Å²) in [7, 11) is 0. The van der Waals surface area contributed by atoms with Crippen molar-refractivity contribution in [1.82, 2.24) is 10.4 Å². The van der Waals surface area contributed by atoms with Crippen molar-refractivity contribution in [1.29, 1.82) is 0 Å². The zero-order chi connectivity index (χ0) is 12.1. The van der Waals surface area contributed by atoms with Gasteiger partial charge >= 0.3 is 0 Å². The quantitative estimate of drug-likeness (QED) is 0.487. The Bertz CT molecular complexity index is 482. The monoisotopic (exact) mass is 249 g/mol. The van der Waals surface area contributed by atoms with Crippen LogP contribution < -0.4 is 11.3 Å². The van der Waals surface area contributed by atoms with Gasteiger partial charge in [-0.25, -0.2) is 0 Å². The van der Waals surface area contributed by atoms with Crippen molar-refractivity contribution in [2.45, 2.75) is 18.9 Å². The number of rotatable bonds is 5. The molecule has 1 heterocycles. The minimum absolute atomic E-state index is 0.127. The van der Waals surface area contributed by atoms with Crippen LogP contribution in [0.1, 0.15) is 24.4 Å². The number of fused-ring (bicyclic) bond motifs is 1. The van der Waals surface area contributed by atoms with Crippen LogP contribution in [0.3, 0.4) is 0 Å². The zero-order valence-electron chi connectivity index (χ0n) is 9.57. The van der Waals surface area contributed by atoms with E-state index in [1.54, 1.807) is 6.20 Å². The summed E-state index contributed by atoms with van der Waals surface area (Å²) in [5.74, 6) is 6.28. The standard InChI is InChI=1S/C13H16ClN3/c14-8-2-7-13(17-15)11-4-1-6-12-10(11)5-3-9-16-12/h1,3-6,9,13,17H,2,7-8,15H2. The second kappa shape index (κ2) is 5.96. The van der Waals surface area contributed by atoms with Crippen LogP contribution in [0.2, 0.25) is 0 Å². The van der Waals surface area contributed by atoms with E-state index < -0.39 is 0 Å². The first-order chi connectivity index (χ1) is 8.36. The van der Waals surface area contributed by atoms with Gasteiger partial charge in [0.15, 0.2) is 0 Å². The Hall–Kier alpha value is -1.16. The first-order valence-corrected chi connectivity index (χ1v) is 6.26. The number of nitrogens with one attached hydrogen (secondary N) is 1. The van der Waals surface area contributed by atoms with E-state index in [2.05, 4.69) is 22.5 Å². The summed E-state index contributed by atoms with van der Waals surface area (Å²) in [6.07, 6.45) is 3.66. The molecule has 0 aliphatic rings. The fourth-order valence-corrected chi connectivity index (χ4v) is 2.20. The van der Waals surface area contributed by atoms with Crippen LogP contribution in [0, 0.1) is 0 Å². The van der Waals surface area contributed by atoms with Crippen LogP contribution in [0.25, 0.3) is 10.9 Å². The van der Waals surface area contributed by atoms with Crippen LogP contribution in [0.5, 0.6) is 0 Å². The molecular formula is C13H16ClN3. The van der Waals surface area contributed by atoms with Gasteiger partial charge in [0, 0.05) is 23.5 Å². The molecule has 2 rings (SSSR count). The van der Waals surface area contributed by atoms with Crippen molar-refractivity contribution in [3.05, 3.63) is 42.1 Å². The summed E-state index contributed by atoms with van der Waals surface area (Å²) in [5.41, 5.74) is 5.04. The third-order valence-electron chi connectivity index (χ3n) is 2.88. The number of halogens is 1. The maximum absolute atomic E-state index is 5.73. The maximum atomic E-state index is 5.73. The Morgan fingerprint density at radius 3 is 2.94 bits per heavy atom.